The fourth-order valence-corrected chi connectivity index (χ4v) is 3.95. The van der Waals surface area contributed by atoms with E-state index in [9.17, 15) is 9.59 Å². The van der Waals surface area contributed by atoms with Crippen LogP contribution in [0.4, 0.5) is 10.5 Å². The zero-order valence-electron chi connectivity index (χ0n) is 15.5. The predicted octanol–water partition coefficient (Wildman–Crippen LogP) is 4.29. The maximum atomic E-state index is 12.5. The van der Waals surface area contributed by atoms with E-state index in [-0.39, 0.29) is 6.03 Å². The first-order valence-electron chi connectivity index (χ1n) is 9.63. The zero-order chi connectivity index (χ0) is 18.5. The number of aryl methyl sites for hydroxylation is 1. The van der Waals surface area contributed by atoms with Crippen LogP contribution in [0, 0.1) is 12.8 Å². The number of carbonyl (C=O) groups is 2. The van der Waals surface area contributed by atoms with Gasteiger partial charge in [-0.1, -0.05) is 17.7 Å². The standard InChI is InChI=1S/C20H28ClN3O2/c1-15-5-6-17(21)14-18(15)22-20(26)24-11-7-16(8-12-24)13-19(25)23-9-3-2-4-10-23/h5-6,14,16H,2-4,7-13H2,1H3,(H,22,26). The van der Waals surface area contributed by atoms with Crippen molar-refractivity contribution in [2.45, 2.75) is 45.4 Å². The molecule has 1 N–H and O–H groups in total. The molecule has 2 saturated heterocycles. The van der Waals surface area contributed by atoms with Crippen LogP contribution in [-0.4, -0.2) is 47.9 Å². The minimum absolute atomic E-state index is 0.0869. The highest BCUT2D eigenvalue weighted by atomic mass is 35.5. The Morgan fingerprint density at radius 3 is 2.46 bits per heavy atom. The van der Waals surface area contributed by atoms with E-state index in [2.05, 4.69) is 5.32 Å². The average Bonchev–Trinajstić information content (AvgIpc) is 2.66. The van der Waals surface area contributed by atoms with Gasteiger partial charge in [-0.2, -0.15) is 0 Å². The van der Waals surface area contributed by atoms with Crippen LogP contribution >= 0.6 is 11.6 Å². The maximum absolute atomic E-state index is 12.5. The van der Waals surface area contributed by atoms with Gasteiger partial charge in [-0.25, -0.2) is 4.79 Å². The number of urea groups is 1. The molecule has 0 bridgehead atoms. The number of rotatable bonds is 3. The van der Waals surface area contributed by atoms with E-state index in [4.69, 9.17) is 11.6 Å². The summed E-state index contributed by atoms with van der Waals surface area (Å²) in [4.78, 5) is 28.8. The van der Waals surface area contributed by atoms with Gasteiger partial charge in [0.1, 0.15) is 0 Å². The molecule has 0 radical (unpaired) electrons. The van der Waals surface area contributed by atoms with Gasteiger partial charge in [0, 0.05) is 43.3 Å². The van der Waals surface area contributed by atoms with E-state index in [0.29, 0.717) is 36.4 Å². The molecule has 3 rings (SSSR count). The van der Waals surface area contributed by atoms with Crippen molar-refractivity contribution in [3.63, 3.8) is 0 Å². The third-order valence-corrected chi connectivity index (χ3v) is 5.75. The number of piperidine rings is 2. The lowest BCUT2D eigenvalue weighted by atomic mass is 9.92. The van der Waals surface area contributed by atoms with Gasteiger partial charge in [0.25, 0.3) is 0 Å². The molecule has 2 fully saturated rings. The van der Waals surface area contributed by atoms with Crippen LogP contribution in [0.15, 0.2) is 18.2 Å². The smallest absolute Gasteiger partial charge is 0.321 e. The Morgan fingerprint density at radius 2 is 1.77 bits per heavy atom. The first kappa shape index (κ1) is 19.0. The number of benzene rings is 1. The summed E-state index contributed by atoms with van der Waals surface area (Å²) in [6.07, 6.45) is 5.91. The van der Waals surface area contributed by atoms with Crippen LogP contribution in [-0.2, 0) is 4.79 Å². The summed E-state index contributed by atoms with van der Waals surface area (Å²) < 4.78 is 0. The van der Waals surface area contributed by atoms with Gasteiger partial charge in [-0.15, -0.1) is 0 Å². The molecule has 5 nitrogen and oxygen atoms in total. The van der Waals surface area contributed by atoms with Gasteiger partial charge >= 0.3 is 6.03 Å². The highest BCUT2D eigenvalue weighted by Crippen LogP contribution is 2.24. The quantitative estimate of drug-likeness (QED) is 0.853. The second kappa shape index (κ2) is 8.76. The van der Waals surface area contributed by atoms with Gasteiger partial charge in [-0.3, -0.25) is 4.79 Å². The molecule has 2 aliphatic rings. The molecule has 6 heteroatoms. The molecule has 0 saturated carbocycles. The van der Waals surface area contributed by atoms with Crippen LogP contribution in [0.3, 0.4) is 0 Å². The number of nitrogens with one attached hydrogen (secondary N) is 1. The zero-order valence-corrected chi connectivity index (χ0v) is 16.2. The van der Waals surface area contributed by atoms with Crippen LogP contribution in [0.5, 0.6) is 0 Å². The molecule has 142 valence electrons. The van der Waals surface area contributed by atoms with E-state index < -0.39 is 0 Å². The molecule has 26 heavy (non-hydrogen) atoms. The lowest BCUT2D eigenvalue weighted by Crippen LogP contribution is -2.42. The monoisotopic (exact) mass is 377 g/mol. The Balaban J connectivity index is 1.46. The molecule has 0 aliphatic carbocycles. The number of halogens is 1. The van der Waals surface area contributed by atoms with Crippen molar-refractivity contribution in [1.29, 1.82) is 0 Å². The number of carbonyl (C=O) groups excluding carboxylic acids is 2. The lowest BCUT2D eigenvalue weighted by Gasteiger charge is -2.33. The van der Waals surface area contributed by atoms with Crippen molar-refractivity contribution in [3.8, 4) is 0 Å². The van der Waals surface area contributed by atoms with Crippen LogP contribution in [0.1, 0.15) is 44.1 Å². The number of likely N-dealkylation sites (tertiary alicyclic amines) is 2. The van der Waals surface area contributed by atoms with E-state index in [0.717, 1.165) is 50.0 Å². The molecule has 2 aliphatic heterocycles. The number of amides is 3. The van der Waals surface area contributed by atoms with E-state index >= 15 is 0 Å². The summed E-state index contributed by atoms with van der Waals surface area (Å²) in [6.45, 7) is 5.18. The molecule has 0 spiro atoms. The first-order chi connectivity index (χ1) is 12.5. The largest absolute Gasteiger partial charge is 0.343 e. The summed E-state index contributed by atoms with van der Waals surface area (Å²) in [5.41, 5.74) is 1.75. The van der Waals surface area contributed by atoms with Gasteiger partial charge in [0.15, 0.2) is 0 Å². The third-order valence-electron chi connectivity index (χ3n) is 5.52. The van der Waals surface area contributed by atoms with Crippen molar-refractivity contribution >= 4 is 29.2 Å². The molecule has 0 unspecified atom stereocenters. The van der Waals surface area contributed by atoms with Crippen molar-refractivity contribution < 1.29 is 9.59 Å². The van der Waals surface area contributed by atoms with Gasteiger partial charge in [0.05, 0.1) is 0 Å². The predicted molar refractivity (Wildman–Crippen MR) is 105 cm³/mol. The minimum Gasteiger partial charge on any atom is -0.343 e. The maximum Gasteiger partial charge on any atom is 0.321 e. The van der Waals surface area contributed by atoms with E-state index in [1.165, 1.54) is 6.42 Å². The fraction of sp³-hybridized carbons (Fsp3) is 0.600. The number of anilines is 1. The lowest BCUT2D eigenvalue weighted by molar-refractivity contribution is -0.133. The summed E-state index contributed by atoms with van der Waals surface area (Å²) in [7, 11) is 0. The van der Waals surface area contributed by atoms with Crippen molar-refractivity contribution in [2.24, 2.45) is 5.92 Å². The minimum atomic E-state index is -0.0869. The van der Waals surface area contributed by atoms with Gasteiger partial charge in [-0.05, 0) is 62.6 Å². The van der Waals surface area contributed by atoms with E-state index in [1.54, 1.807) is 6.07 Å². The molecule has 0 atom stereocenters. The van der Waals surface area contributed by atoms with Crippen LogP contribution in [0.25, 0.3) is 0 Å². The molecular weight excluding hydrogens is 350 g/mol. The summed E-state index contributed by atoms with van der Waals surface area (Å²) in [5.74, 6) is 0.684. The first-order valence-corrected chi connectivity index (χ1v) is 10.0. The Morgan fingerprint density at radius 1 is 1.08 bits per heavy atom. The molecule has 1 aromatic carbocycles. The van der Waals surface area contributed by atoms with Gasteiger partial charge < -0.3 is 15.1 Å². The molecule has 2 heterocycles. The van der Waals surface area contributed by atoms with Crippen molar-refractivity contribution in [2.75, 3.05) is 31.5 Å². The third kappa shape index (κ3) is 4.91. The molecule has 1 aromatic rings. The van der Waals surface area contributed by atoms with Crippen LogP contribution in [0.2, 0.25) is 5.02 Å². The topological polar surface area (TPSA) is 52.7 Å². The molecule has 0 aromatic heterocycles. The average molecular weight is 378 g/mol. The van der Waals surface area contributed by atoms with E-state index in [1.807, 2.05) is 28.9 Å². The SMILES string of the molecule is Cc1ccc(Cl)cc1NC(=O)N1CCC(CC(=O)N2CCCCC2)CC1. The highest BCUT2D eigenvalue weighted by molar-refractivity contribution is 6.31. The molecule has 3 amide bonds. The Labute approximate surface area is 160 Å². The fourth-order valence-electron chi connectivity index (χ4n) is 3.78. The second-order valence-electron chi connectivity index (χ2n) is 7.47. The molecular formula is C20H28ClN3O2. The second-order valence-corrected chi connectivity index (χ2v) is 7.90. The highest BCUT2D eigenvalue weighted by Gasteiger charge is 2.26. The number of hydrogen-bond donors (Lipinski definition) is 1. The summed E-state index contributed by atoms with van der Waals surface area (Å²) >= 11 is 6.02. The van der Waals surface area contributed by atoms with Crippen LogP contribution < -0.4 is 5.32 Å². The Kier molecular flexibility index (Phi) is 6.41. The normalized spacial score (nSPS) is 18.7. The van der Waals surface area contributed by atoms with Gasteiger partial charge in [0.2, 0.25) is 5.91 Å². The number of hydrogen-bond acceptors (Lipinski definition) is 2. The summed E-state index contributed by atoms with van der Waals surface area (Å²) in [6, 6.07) is 5.41. The summed E-state index contributed by atoms with van der Waals surface area (Å²) in [5, 5.41) is 3.57. The Hall–Kier alpha value is -1.75. The number of nitrogens with zero attached hydrogens (tertiary/aromatic N) is 2. The van der Waals surface area contributed by atoms with Crippen molar-refractivity contribution in [3.05, 3.63) is 28.8 Å². The Bertz CT molecular complexity index is 650. The van der Waals surface area contributed by atoms with Crippen molar-refractivity contribution in [1.82, 2.24) is 9.80 Å².